The Hall–Kier alpha value is -0.610. The van der Waals surface area contributed by atoms with Crippen LogP contribution in [0.4, 0.5) is 4.39 Å². The van der Waals surface area contributed by atoms with E-state index in [0.29, 0.717) is 10.4 Å². The predicted octanol–water partition coefficient (Wildman–Crippen LogP) is 3.75. The first kappa shape index (κ1) is 13.8. The Kier molecular flexibility index (Phi) is 4.28. The molecular weight excluding hydrogens is 297 g/mol. The smallest absolute Gasteiger partial charge is 0.134 e. The Morgan fingerprint density at radius 2 is 2.17 bits per heavy atom. The van der Waals surface area contributed by atoms with Crippen LogP contribution in [-0.2, 0) is 0 Å². The Balaban J connectivity index is 1.92. The number of hydrogen-bond acceptors (Lipinski definition) is 2. The monoisotopic (exact) mass is 315 g/mol. The van der Waals surface area contributed by atoms with Gasteiger partial charge in [0.15, 0.2) is 0 Å². The van der Waals surface area contributed by atoms with Gasteiger partial charge in [-0.1, -0.05) is 13.8 Å². The molecule has 0 saturated heterocycles. The maximum absolute atomic E-state index is 13.0. The highest BCUT2D eigenvalue weighted by atomic mass is 79.9. The molecule has 1 N–H and O–H groups in total. The van der Waals surface area contributed by atoms with Crippen molar-refractivity contribution < 1.29 is 9.13 Å². The summed E-state index contributed by atoms with van der Waals surface area (Å²) in [7, 11) is 0. The van der Waals surface area contributed by atoms with E-state index in [9.17, 15) is 4.39 Å². The lowest BCUT2D eigenvalue weighted by molar-refractivity contribution is 0.173. The van der Waals surface area contributed by atoms with Crippen LogP contribution in [0.5, 0.6) is 5.75 Å². The van der Waals surface area contributed by atoms with Gasteiger partial charge in [-0.15, -0.1) is 0 Å². The zero-order valence-electron chi connectivity index (χ0n) is 10.8. The fourth-order valence-corrected chi connectivity index (χ4v) is 2.27. The van der Waals surface area contributed by atoms with E-state index in [-0.39, 0.29) is 11.4 Å². The van der Waals surface area contributed by atoms with Gasteiger partial charge in [0.2, 0.25) is 0 Å². The molecule has 0 aromatic heterocycles. The van der Waals surface area contributed by atoms with Gasteiger partial charge in [0, 0.05) is 6.54 Å². The number of hydrogen-bond donors (Lipinski definition) is 1. The van der Waals surface area contributed by atoms with Crippen molar-refractivity contribution in [1.29, 1.82) is 0 Å². The van der Waals surface area contributed by atoms with E-state index in [2.05, 4.69) is 35.1 Å². The van der Waals surface area contributed by atoms with Crippen LogP contribution in [0.1, 0.15) is 26.7 Å². The van der Waals surface area contributed by atoms with E-state index in [1.54, 1.807) is 6.07 Å². The molecule has 1 aromatic carbocycles. The minimum atomic E-state index is -0.253. The number of ether oxygens (including phenoxy) is 1. The van der Waals surface area contributed by atoms with Gasteiger partial charge in [0.05, 0.1) is 4.47 Å². The van der Waals surface area contributed by atoms with Crippen molar-refractivity contribution in [3.8, 4) is 5.75 Å². The van der Waals surface area contributed by atoms with Crippen LogP contribution in [0.3, 0.4) is 0 Å². The molecule has 0 heterocycles. The van der Waals surface area contributed by atoms with Gasteiger partial charge < -0.3 is 10.1 Å². The Labute approximate surface area is 116 Å². The lowest BCUT2D eigenvalue weighted by atomic mass is 10.2. The average molecular weight is 316 g/mol. The highest BCUT2D eigenvalue weighted by Crippen LogP contribution is 2.41. The van der Waals surface area contributed by atoms with Crippen LogP contribution < -0.4 is 10.1 Å². The molecule has 0 aliphatic heterocycles. The van der Waals surface area contributed by atoms with Crippen LogP contribution in [0.25, 0.3) is 0 Å². The minimum absolute atomic E-state index is 0.0881. The molecule has 1 aliphatic rings. The topological polar surface area (TPSA) is 21.3 Å². The zero-order chi connectivity index (χ0) is 13.2. The Morgan fingerprint density at radius 3 is 2.72 bits per heavy atom. The summed E-state index contributed by atoms with van der Waals surface area (Å²) in [5, 5.41) is 3.42. The lowest BCUT2D eigenvalue weighted by Gasteiger charge is -2.20. The molecule has 0 radical (unpaired) electrons. The zero-order valence-corrected chi connectivity index (χ0v) is 12.4. The maximum atomic E-state index is 13.0. The Morgan fingerprint density at radius 1 is 1.44 bits per heavy atom. The predicted molar refractivity (Wildman–Crippen MR) is 74.4 cm³/mol. The van der Waals surface area contributed by atoms with Gasteiger partial charge in [-0.2, -0.15) is 0 Å². The third-order valence-electron chi connectivity index (χ3n) is 3.03. The molecule has 1 saturated carbocycles. The van der Waals surface area contributed by atoms with E-state index in [1.165, 1.54) is 12.1 Å². The molecule has 0 amide bonds. The van der Waals surface area contributed by atoms with E-state index < -0.39 is 0 Å². The molecule has 2 nitrogen and oxygen atoms in total. The molecule has 100 valence electrons. The third kappa shape index (κ3) is 3.69. The van der Waals surface area contributed by atoms with Gasteiger partial charge in [-0.3, -0.25) is 0 Å². The number of nitrogens with one attached hydrogen (secondary N) is 1. The minimum Gasteiger partial charge on any atom is -0.485 e. The summed E-state index contributed by atoms with van der Waals surface area (Å²) >= 11 is 3.33. The van der Waals surface area contributed by atoms with Gasteiger partial charge in [0.25, 0.3) is 0 Å². The summed E-state index contributed by atoms with van der Waals surface area (Å²) < 4.78 is 19.7. The number of rotatable bonds is 6. The molecule has 18 heavy (non-hydrogen) atoms. The first-order valence-electron chi connectivity index (χ1n) is 6.35. The summed E-state index contributed by atoms with van der Waals surface area (Å²) in [6, 6.07) is 4.55. The van der Waals surface area contributed by atoms with Gasteiger partial charge in [-0.05, 0) is 59.4 Å². The van der Waals surface area contributed by atoms with Crippen LogP contribution in [-0.4, -0.2) is 18.7 Å². The molecule has 1 aromatic rings. The normalized spacial score (nSPS) is 16.9. The number of benzene rings is 1. The van der Waals surface area contributed by atoms with E-state index >= 15 is 0 Å². The first-order valence-corrected chi connectivity index (χ1v) is 7.15. The third-order valence-corrected chi connectivity index (χ3v) is 3.65. The molecule has 0 bridgehead atoms. The summed E-state index contributed by atoms with van der Waals surface area (Å²) in [6.07, 6.45) is 2.11. The fraction of sp³-hybridized carbons (Fsp3) is 0.571. The van der Waals surface area contributed by atoms with Crippen molar-refractivity contribution in [2.45, 2.75) is 32.3 Å². The molecule has 1 aliphatic carbocycles. The van der Waals surface area contributed by atoms with Crippen LogP contribution in [0, 0.1) is 11.7 Å². The molecule has 1 fully saturated rings. The summed E-state index contributed by atoms with van der Waals surface area (Å²) in [5.41, 5.74) is -0.0881. The van der Waals surface area contributed by atoms with E-state index in [1.807, 2.05) is 0 Å². The fourth-order valence-electron chi connectivity index (χ4n) is 1.83. The van der Waals surface area contributed by atoms with E-state index in [0.717, 1.165) is 31.7 Å². The van der Waals surface area contributed by atoms with Crippen molar-refractivity contribution in [3.05, 3.63) is 28.5 Å². The summed E-state index contributed by atoms with van der Waals surface area (Å²) in [6.45, 7) is 6.22. The van der Waals surface area contributed by atoms with Crippen molar-refractivity contribution in [2.75, 3.05) is 13.1 Å². The van der Waals surface area contributed by atoms with Crippen LogP contribution >= 0.6 is 15.9 Å². The van der Waals surface area contributed by atoms with Crippen molar-refractivity contribution in [3.63, 3.8) is 0 Å². The quantitative estimate of drug-likeness (QED) is 0.863. The largest absolute Gasteiger partial charge is 0.485 e. The SMILES string of the molecule is CC(C)CNCC1(Oc2ccc(F)cc2Br)CC1. The summed E-state index contributed by atoms with van der Waals surface area (Å²) in [4.78, 5) is 0. The van der Waals surface area contributed by atoms with Gasteiger partial charge in [0.1, 0.15) is 17.2 Å². The van der Waals surface area contributed by atoms with Crippen molar-refractivity contribution >= 4 is 15.9 Å². The Bertz CT molecular complexity index is 418. The van der Waals surface area contributed by atoms with Gasteiger partial charge >= 0.3 is 0 Å². The molecular formula is C14H19BrFNO. The first-order chi connectivity index (χ1) is 8.51. The molecule has 0 spiro atoms. The average Bonchev–Trinajstić information content (AvgIpc) is 3.02. The second-order valence-corrected chi connectivity index (χ2v) is 6.24. The highest BCUT2D eigenvalue weighted by Gasteiger charge is 2.45. The van der Waals surface area contributed by atoms with Crippen molar-refractivity contribution in [1.82, 2.24) is 5.32 Å². The lowest BCUT2D eigenvalue weighted by Crippen LogP contribution is -2.35. The standard InChI is InChI=1S/C14H19BrFNO/c1-10(2)8-17-9-14(5-6-14)18-13-4-3-11(16)7-12(13)15/h3-4,7,10,17H,5-6,8-9H2,1-2H3. The van der Waals surface area contributed by atoms with E-state index in [4.69, 9.17) is 4.74 Å². The molecule has 0 atom stereocenters. The second kappa shape index (κ2) is 5.57. The molecule has 4 heteroatoms. The highest BCUT2D eigenvalue weighted by molar-refractivity contribution is 9.10. The molecule has 0 unspecified atom stereocenters. The molecule has 2 rings (SSSR count). The number of halogens is 2. The maximum Gasteiger partial charge on any atom is 0.134 e. The second-order valence-electron chi connectivity index (χ2n) is 5.38. The van der Waals surface area contributed by atoms with Gasteiger partial charge in [-0.25, -0.2) is 4.39 Å². The van der Waals surface area contributed by atoms with Crippen molar-refractivity contribution in [2.24, 2.45) is 5.92 Å². The van der Waals surface area contributed by atoms with Crippen LogP contribution in [0.2, 0.25) is 0 Å². The van der Waals surface area contributed by atoms with Crippen LogP contribution in [0.15, 0.2) is 22.7 Å². The summed E-state index contributed by atoms with van der Waals surface area (Å²) in [5.74, 6) is 1.11.